The number of benzene rings is 1. The monoisotopic (exact) mass is 274 g/mol. The number of nitrogens with one attached hydrogen (secondary N) is 1. The number of rotatable bonds is 6. The Hall–Kier alpha value is -2.21. The number of hydrazine groups is 1. The number of nitrogens with zero attached hydrogens (tertiary/aromatic N) is 2. The van der Waals surface area contributed by atoms with Crippen LogP contribution in [0.1, 0.15) is 25.7 Å². The lowest BCUT2D eigenvalue weighted by atomic mass is 10.2. The molecular formula is C14H18N4O2. The van der Waals surface area contributed by atoms with Crippen molar-refractivity contribution in [2.75, 3.05) is 0 Å². The SMILES string of the molecule is NNC(=O)CCCCCn1ncc2ccccc2c1=O. The number of amides is 1. The van der Waals surface area contributed by atoms with Gasteiger partial charge >= 0.3 is 0 Å². The van der Waals surface area contributed by atoms with Crippen LogP contribution < -0.4 is 16.8 Å². The number of carbonyl (C=O) groups excluding carboxylic acids is 1. The molecule has 0 aliphatic heterocycles. The first-order chi connectivity index (χ1) is 9.72. The predicted molar refractivity (Wildman–Crippen MR) is 76.8 cm³/mol. The summed E-state index contributed by atoms with van der Waals surface area (Å²) in [6.07, 6.45) is 4.54. The topological polar surface area (TPSA) is 90.0 Å². The molecule has 1 heterocycles. The summed E-state index contributed by atoms with van der Waals surface area (Å²) in [6.45, 7) is 0.563. The number of hydrogen-bond acceptors (Lipinski definition) is 4. The van der Waals surface area contributed by atoms with Crippen LogP contribution >= 0.6 is 0 Å². The number of carbonyl (C=O) groups is 1. The molecule has 0 spiro atoms. The van der Waals surface area contributed by atoms with Crippen molar-refractivity contribution in [3.8, 4) is 0 Å². The Labute approximate surface area is 116 Å². The molecule has 6 nitrogen and oxygen atoms in total. The Morgan fingerprint density at radius 3 is 2.85 bits per heavy atom. The van der Waals surface area contributed by atoms with Gasteiger partial charge in [-0.05, 0) is 18.9 Å². The maximum Gasteiger partial charge on any atom is 0.274 e. The van der Waals surface area contributed by atoms with Gasteiger partial charge < -0.3 is 0 Å². The molecule has 2 aromatic rings. The summed E-state index contributed by atoms with van der Waals surface area (Å²) in [7, 11) is 0. The zero-order chi connectivity index (χ0) is 14.4. The molecule has 0 radical (unpaired) electrons. The van der Waals surface area contributed by atoms with Crippen LogP contribution in [0.15, 0.2) is 35.3 Å². The van der Waals surface area contributed by atoms with E-state index in [1.165, 1.54) is 4.68 Å². The molecule has 20 heavy (non-hydrogen) atoms. The fourth-order valence-electron chi connectivity index (χ4n) is 2.08. The average molecular weight is 274 g/mol. The molecule has 1 aromatic heterocycles. The van der Waals surface area contributed by atoms with E-state index in [1.54, 1.807) is 12.3 Å². The highest BCUT2D eigenvalue weighted by atomic mass is 16.2. The summed E-state index contributed by atoms with van der Waals surface area (Å²) in [5.41, 5.74) is 2.03. The van der Waals surface area contributed by atoms with Crippen LogP contribution in [0.4, 0.5) is 0 Å². The summed E-state index contributed by atoms with van der Waals surface area (Å²) in [5.74, 6) is 4.83. The predicted octanol–water partition coefficient (Wildman–Crippen LogP) is 0.947. The number of fused-ring (bicyclic) bond motifs is 1. The molecule has 1 aromatic carbocycles. The first-order valence-electron chi connectivity index (χ1n) is 6.66. The molecule has 0 atom stereocenters. The van der Waals surface area contributed by atoms with E-state index in [0.717, 1.165) is 24.6 Å². The summed E-state index contributed by atoms with van der Waals surface area (Å²) in [6, 6.07) is 7.41. The second-order valence-corrected chi connectivity index (χ2v) is 4.64. The molecule has 3 N–H and O–H groups in total. The maximum atomic E-state index is 12.2. The minimum absolute atomic E-state index is 0.0669. The fourth-order valence-corrected chi connectivity index (χ4v) is 2.08. The van der Waals surface area contributed by atoms with Crippen molar-refractivity contribution in [1.82, 2.24) is 15.2 Å². The van der Waals surface area contributed by atoms with Crippen LogP contribution in [0.5, 0.6) is 0 Å². The Kier molecular flexibility index (Phi) is 4.84. The smallest absolute Gasteiger partial charge is 0.274 e. The van der Waals surface area contributed by atoms with Gasteiger partial charge in [0.2, 0.25) is 5.91 Å². The van der Waals surface area contributed by atoms with E-state index in [2.05, 4.69) is 10.5 Å². The zero-order valence-corrected chi connectivity index (χ0v) is 11.2. The first-order valence-corrected chi connectivity index (χ1v) is 6.66. The van der Waals surface area contributed by atoms with E-state index in [-0.39, 0.29) is 11.5 Å². The molecule has 0 bridgehead atoms. The maximum absolute atomic E-state index is 12.2. The highest BCUT2D eigenvalue weighted by molar-refractivity contribution is 5.80. The van der Waals surface area contributed by atoms with Gasteiger partial charge in [0.05, 0.1) is 11.6 Å². The zero-order valence-electron chi connectivity index (χ0n) is 11.2. The van der Waals surface area contributed by atoms with Crippen LogP contribution in [0, 0.1) is 0 Å². The summed E-state index contributed by atoms with van der Waals surface area (Å²) in [5, 5.41) is 5.70. The van der Waals surface area contributed by atoms with Gasteiger partial charge in [0.15, 0.2) is 0 Å². The second-order valence-electron chi connectivity index (χ2n) is 4.64. The van der Waals surface area contributed by atoms with Crippen LogP contribution in [0.25, 0.3) is 10.8 Å². The minimum Gasteiger partial charge on any atom is -0.294 e. The van der Waals surface area contributed by atoms with E-state index >= 15 is 0 Å². The lowest BCUT2D eigenvalue weighted by Crippen LogP contribution is -2.29. The summed E-state index contributed by atoms with van der Waals surface area (Å²) in [4.78, 5) is 23.1. The van der Waals surface area contributed by atoms with Gasteiger partial charge in [0, 0.05) is 18.4 Å². The van der Waals surface area contributed by atoms with Crippen molar-refractivity contribution in [3.63, 3.8) is 0 Å². The third kappa shape index (κ3) is 3.42. The molecule has 106 valence electrons. The largest absolute Gasteiger partial charge is 0.294 e. The van der Waals surface area contributed by atoms with Crippen molar-refractivity contribution >= 4 is 16.7 Å². The van der Waals surface area contributed by atoms with Gasteiger partial charge in [0.25, 0.3) is 5.56 Å². The number of aryl methyl sites for hydroxylation is 1. The summed E-state index contributed by atoms with van der Waals surface area (Å²) < 4.78 is 1.48. The molecule has 0 saturated heterocycles. The summed E-state index contributed by atoms with van der Waals surface area (Å²) >= 11 is 0. The minimum atomic E-state index is -0.161. The molecule has 1 amide bonds. The van der Waals surface area contributed by atoms with Gasteiger partial charge in [-0.2, -0.15) is 5.10 Å². The van der Waals surface area contributed by atoms with Crippen LogP contribution in [-0.2, 0) is 11.3 Å². The Morgan fingerprint density at radius 2 is 2.05 bits per heavy atom. The van der Waals surface area contributed by atoms with Crippen LogP contribution in [0.2, 0.25) is 0 Å². The van der Waals surface area contributed by atoms with Crippen LogP contribution in [0.3, 0.4) is 0 Å². The lowest BCUT2D eigenvalue weighted by molar-refractivity contribution is -0.121. The van der Waals surface area contributed by atoms with Crippen LogP contribution in [-0.4, -0.2) is 15.7 Å². The van der Waals surface area contributed by atoms with Gasteiger partial charge in [-0.25, -0.2) is 10.5 Å². The van der Waals surface area contributed by atoms with E-state index in [9.17, 15) is 9.59 Å². The standard InChI is InChI=1S/C14H18N4O2/c15-17-13(19)8-2-1-5-9-18-14(20)12-7-4-3-6-11(12)10-16-18/h3-4,6-7,10H,1-2,5,8-9,15H2,(H,17,19). The number of nitrogens with two attached hydrogens (primary N) is 1. The second kappa shape index (κ2) is 6.81. The Bertz CT molecular complexity index is 651. The molecule has 0 aliphatic carbocycles. The van der Waals surface area contributed by atoms with E-state index in [4.69, 9.17) is 5.84 Å². The number of unbranched alkanes of at least 4 members (excludes halogenated alkanes) is 2. The average Bonchev–Trinajstić information content (AvgIpc) is 2.49. The first kappa shape index (κ1) is 14.2. The highest BCUT2D eigenvalue weighted by Crippen LogP contribution is 2.07. The van der Waals surface area contributed by atoms with Gasteiger partial charge in [-0.15, -0.1) is 0 Å². The van der Waals surface area contributed by atoms with E-state index in [0.29, 0.717) is 18.4 Å². The molecule has 2 rings (SSSR count). The van der Waals surface area contributed by atoms with Gasteiger partial charge in [0.1, 0.15) is 0 Å². The molecular weight excluding hydrogens is 256 g/mol. The number of hydrogen-bond donors (Lipinski definition) is 2. The fraction of sp³-hybridized carbons (Fsp3) is 0.357. The third-order valence-electron chi connectivity index (χ3n) is 3.20. The van der Waals surface area contributed by atoms with Crippen molar-refractivity contribution in [2.24, 2.45) is 5.84 Å². The van der Waals surface area contributed by atoms with Crippen molar-refractivity contribution in [3.05, 3.63) is 40.8 Å². The Morgan fingerprint density at radius 1 is 1.25 bits per heavy atom. The number of aromatic nitrogens is 2. The van der Waals surface area contributed by atoms with Crippen molar-refractivity contribution in [2.45, 2.75) is 32.2 Å². The van der Waals surface area contributed by atoms with Gasteiger partial charge in [-0.1, -0.05) is 24.6 Å². The Balaban J connectivity index is 1.92. The van der Waals surface area contributed by atoms with E-state index < -0.39 is 0 Å². The molecule has 6 heteroatoms. The molecule has 0 fully saturated rings. The quantitative estimate of drug-likeness (QED) is 0.355. The van der Waals surface area contributed by atoms with E-state index in [1.807, 2.05) is 18.2 Å². The van der Waals surface area contributed by atoms with Crippen molar-refractivity contribution in [1.29, 1.82) is 0 Å². The normalized spacial score (nSPS) is 10.7. The highest BCUT2D eigenvalue weighted by Gasteiger charge is 2.03. The van der Waals surface area contributed by atoms with Gasteiger partial charge in [-0.3, -0.25) is 15.0 Å². The molecule has 0 saturated carbocycles. The lowest BCUT2D eigenvalue weighted by Gasteiger charge is -2.05. The van der Waals surface area contributed by atoms with Crippen molar-refractivity contribution < 1.29 is 4.79 Å². The molecule has 0 unspecified atom stereocenters. The third-order valence-corrected chi connectivity index (χ3v) is 3.20. The molecule has 0 aliphatic rings.